The summed E-state index contributed by atoms with van der Waals surface area (Å²) in [5, 5.41) is 0. The van der Waals surface area contributed by atoms with Crippen LogP contribution in [0.25, 0.3) is 0 Å². The van der Waals surface area contributed by atoms with Crippen LogP contribution in [0.5, 0.6) is 0 Å². The number of ketones is 1. The Kier molecular flexibility index (Phi) is 4.78. The van der Waals surface area contributed by atoms with E-state index in [1.54, 1.807) is 0 Å². The van der Waals surface area contributed by atoms with E-state index in [1.165, 1.54) is 14.0 Å². The highest BCUT2D eigenvalue weighted by Crippen LogP contribution is 2.29. The lowest BCUT2D eigenvalue weighted by Gasteiger charge is -2.11. The zero-order valence-electron chi connectivity index (χ0n) is 7.12. The first-order valence-corrected chi connectivity index (χ1v) is 4.64. The number of hydrogen-bond donors (Lipinski definition) is 0. The number of esters is 1. The summed E-state index contributed by atoms with van der Waals surface area (Å²) in [4.78, 5) is 21.2. The van der Waals surface area contributed by atoms with Crippen molar-refractivity contribution in [2.75, 3.05) is 7.11 Å². The lowest BCUT2D eigenvalue weighted by atomic mass is 10.5. The molecular formula is C6H11O5P. The van der Waals surface area contributed by atoms with Gasteiger partial charge in [0.25, 0.3) is 0 Å². The Bertz CT molecular complexity index is 212. The summed E-state index contributed by atoms with van der Waals surface area (Å²) in [6, 6.07) is 0. The minimum Gasteiger partial charge on any atom is -0.444 e. The second kappa shape index (κ2) is 5.06. The highest BCUT2D eigenvalue weighted by Gasteiger charge is 2.24. The van der Waals surface area contributed by atoms with Crippen molar-refractivity contribution >= 4 is 19.8 Å². The van der Waals surface area contributed by atoms with Crippen LogP contribution in [-0.4, -0.2) is 24.7 Å². The number of carbonyl (C=O) groups is 2. The van der Waals surface area contributed by atoms with Gasteiger partial charge in [-0.05, 0) is 6.92 Å². The molecule has 0 N–H and O–H groups in total. The first kappa shape index (κ1) is 11.3. The van der Waals surface area contributed by atoms with Crippen molar-refractivity contribution in [3.63, 3.8) is 0 Å². The van der Waals surface area contributed by atoms with Crippen molar-refractivity contribution in [2.45, 2.75) is 19.7 Å². The molecule has 6 heteroatoms. The van der Waals surface area contributed by atoms with Crippen LogP contribution in [0, 0.1) is 0 Å². The Morgan fingerprint density at radius 2 is 1.83 bits per heavy atom. The van der Waals surface area contributed by atoms with Gasteiger partial charge >= 0.3 is 5.97 Å². The lowest BCUT2D eigenvalue weighted by Crippen LogP contribution is -2.20. The molecule has 0 aromatic carbocycles. The van der Waals surface area contributed by atoms with E-state index in [0.717, 1.165) is 6.92 Å². The van der Waals surface area contributed by atoms with Gasteiger partial charge in [0, 0.05) is 14.0 Å². The molecule has 5 nitrogen and oxygen atoms in total. The maximum atomic E-state index is 11.0. The molecule has 12 heavy (non-hydrogen) atoms. The van der Waals surface area contributed by atoms with Crippen molar-refractivity contribution in [3.05, 3.63) is 0 Å². The Morgan fingerprint density at radius 1 is 1.33 bits per heavy atom. The molecule has 0 aromatic rings. The van der Waals surface area contributed by atoms with Crippen LogP contribution in [0.4, 0.5) is 0 Å². The largest absolute Gasteiger partial charge is 0.444 e. The van der Waals surface area contributed by atoms with E-state index in [0.29, 0.717) is 0 Å². The standard InChI is InChI=1S/C6H11O5P/c1-4(7)6(11-5(2)8)12(9)10-3/h6,12H,1-3H3. The van der Waals surface area contributed by atoms with E-state index >= 15 is 0 Å². The highest BCUT2D eigenvalue weighted by atomic mass is 31.1. The predicted molar refractivity (Wildman–Crippen MR) is 42.2 cm³/mol. The number of ether oxygens (including phenoxy) is 1. The summed E-state index contributed by atoms with van der Waals surface area (Å²) >= 11 is 0. The highest BCUT2D eigenvalue weighted by molar-refractivity contribution is 7.41. The van der Waals surface area contributed by atoms with Crippen molar-refractivity contribution in [1.82, 2.24) is 0 Å². The van der Waals surface area contributed by atoms with Crippen molar-refractivity contribution in [2.24, 2.45) is 0 Å². The average Bonchev–Trinajstić information content (AvgIpc) is 1.98. The van der Waals surface area contributed by atoms with Crippen LogP contribution in [0.15, 0.2) is 0 Å². The number of hydrogen-bond acceptors (Lipinski definition) is 5. The third-order valence-electron chi connectivity index (χ3n) is 1.07. The molecule has 0 saturated carbocycles. The molecule has 0 aromatic heterocycles. The molecule has 0 radical (unpaired) electrons. The fraction of sp³-hybridized carbons (Fsp3) is 0.667. The van der Waals surface area contributed by atoms with Crippen molar-refractivity contribution in [1.29, 1.82) is 0 Å². The van der Waals surface area contributed by atoms with Gasteiger partial charge in [0.1, 0.15) is 0 Å². The summed E-state index contributed by atoms with van der Waals surface area (Å²) in [6.45, 7) is 2.33. The second-order valence-corrected chi connectivity index (χ2v) is 3.69. The van der Waals surface area contributed by atoms with Gasteiger partial charge in [-0.15, -0.1) is 0 Å². The minimum absolute atomic E-state index is 0.476. The topological polar surface area (TPSA) is 69.7 Å². The predicted octanol–water partition coefficient (Wildman–Crippen LogP) is 0.586. The van der Waals surface area contributed by atoms with Crippen molar-refractivity contribution in [3.8, 4) is 0 Å². The van der Waals surface area contributed by atoms with Gasteiger partial charge in [0.05, 0.1) is 0 Å². The van der Waals surface area contributed by atoms with Gasteiger partial charge in [0.15, 0.2) is 5.78 Å². The monoisotopic (exact) mass is 194 g/mol. The lowest BCUT2D eigenvalue weighted by molar-refractivity contribution is -0.147. The first-order valence-electron chi connectivity index (χ1n) is 3.24. The van der Waals surface area contributed by atoms with E-state index in [9.17, 15) is 14.2 Å². The molecule has 2 atom stereocenters. The molecule has 0 bridgehead atoms. The maximum Gasteiger partial charge on any atom is 0.303 e. The molecule has 0 fully saturated rings. The summed E-state index contributed by atoms with van der Waals surface area (Å²) in [5.41, 5.74) is 0. The van der Waals surface area contributed by atoms with Gasteiger partial charge in [-0.3, -0.25) is 14.2 Å². The van der Waals surface area contributed by atoms with Gasteiger partial charge in [-0.2, -0.15) is 0 Å². The van der Waals surface area contributed by atoms with E-state index in [2.05, 4.69) is 9.26 Å². The van der Waals surface area contributed by atoms with Crippen molar-refractivity contribution < 1.29 is 23.4 Å². The third kappa shape index (κ3) is 3.64. The summed E-state index contributed by atoms with van der Waals surface area (Å²) in [7, 11) is -1.41. The summed E-state index contributed by atoms with van der Waals surface area (Å²) < 4.78 is 19.9. The van der Waals surface area contributed by atoms with Crippen LogP contribution < -0.4 is 0 Å². The van der Waals surface area contributed by atoms with Gasteiger partial charge in [-0.1, -0.05) is 0 Å². The maximum absolute atomic E-state index is 11.0. The number of rotatable bonds is 4. The summed E-state index contributed by atoms with van der Waals surface area (Å²) in [6.07, 6.45) is 0. The molecular weight excluding hydrogens is 183 g/mol. The Morgan fingerprint density at radius 3 is 2.08 bits per heavy atom. The van der Waals surface area contributed by atoms with Crippen LogP contribution in [0.2, 0.25) is 0 Å². The molecule has 0 heterocycles. The Hall–Kier alpha value is -0.670. The molecule has 0 aliphatic carbocycles. The average molecular weight is 194 g/mol. The first-order chi connectivity index (χ1) is 5.49. The fourth-order valence-corrected chi connectivity index (χ4v) is 1.38. The molecule has 0 amide bonds. The normalized spacial score (nSPS) is 14.9. The molecule has 2 unspecified atom stereocenters. The molecule has 70 valence electrons. The quantitative estimate of drug-likeness (QED) is 0.483. The van der Waals surface area contributed by atoms with Crippen LogP contribution >= 0.6 is 8.03 Å². The molecule has 0 spiro atoms. The van der Waals surface area contributed by atoms with Crippen LogP contribution in [0.3, 0.4) is 0 Å². The molecule has 0 rings (SSSR count). The van der Waals surface area contributed by atoms with E-state index in [4.69, 9.17) is 0 Å². The molecule has 0 aliphatic heterocycles. The third-order valence-corrected chi connectivity index (χ3v) is 2.42. The Labute approximate surface area is 70.9 Å². The zero-order chi connectivity index (χ0) is 9.72. The SMILES string of the molecule is CO[PH](=O)C(OC(C)=O)C(C)=O. The zero-order valence-corrected chi connectivity index (χ0v) is 8.12. The summed E-state index contributed by atoms with van der Waals surface area (Å²) in [5.74, 6) is -2.36. The van der Waals surface area contributed by atoms with Gasteiger partial charge in [0.2, 0.25) is 13.9 Å². The molecule has 0 saturated heterocycles. The van der Waals surface area contributed by atoms with E-state index in [1.807, 2.05) is 0 Å². The smallest absolute Gasteiger partial charge is 0.303 e. The molecule has 0 aliphatic rings. The van der Waals surface area contributed by atoms with Gasteiger partial charge < -0.3 is 9.26 Å². The Balaban J connectivity index is 4.33. The fourth-order valence-electron chi connectivity index (χ4n) is 0.570. The number of carbonyl (C=O) groups excluding carboxylic acids is 2. The van der Waals surface area contributed by atoms with E-state index < -0.39 is 25.6 Å². The van der Waals surface area contributed by atoms with Crippen LogP contribution in [-0.2, 0) is 23.4 Å². The van der Waals surface area contributed by atoms with Crippen LogP contribution in [0.1, 0.15) is 13.8 Å². The second-order valence-electron chi connectivity index (χ2n) is 2.12. The number of Topliss-reactive ketones (excluding diaryl/α,β-unsaturated/α-hetero) is 1. The van der Waals surface area contributed by atoms with E-state index in [-0.39, 0.29) is 0 Å². The van der Waals surface area contributed by atoms with Gasteiger partial charge in [-0.25, -0.2) is 0 Å². The minimum atomic E-state index is -2.60.